The molecule has 0 unspecified atom stereocenters. The van der Waals surface area contributed by atoms with Crippen molar-refractivity contribution >= 4 is 29.0 Å². The SMILES string of the molecule is CCSc1cccc(Oc2cc(F)ccc2F)c1C(N)=S. The Hall–Kier alpha value is -1.66. The van der Waals surface area contributed by atoms with Crippen molar-refractivity contribution in [3.05, 3.63) is 53.6 Å². The summed E-state index contributed by atoms with van der Waals surface area (Å²) in [6, 6.07) is 8.26. The molecule has 0 bridgehead atoms. The second-order valence-corrected chi connectivity index (χ2v) is 5.85. The van der Waals surface area contributed by atoms with Crippen LogP contribution in [0.3, 0.4) is 0 Å². The topological polar surface area (TPSA) is 35.2 Å². The summed E-state index contributed by atoms with van der Waals surface area (Å²) in [5.41, 5.74) is 6.27. The number of rotatable bonds is 5. The van der Waals surface area contributed by atoms with Crippen LogP contribution in [0.25, 0.3) is 0 Å². The van der Waals surface area contributed by atoms with Crippen LogP contribution >= 0.6 is 24.0 Å². The summed E-state index contributed by atoms with van der Waals surface area (Å²) in [4.78, 5) is 0.998. The van der Waals surface area contributed by atoms with Crippen LogP contribution in [-0.4, -0.2) is 10.7 Å². The van der Waals surface area contributed by atoms with Crippen molar-refractivity contribution in [2.45, 2.75) is 11.8 Å². The summed E-state index contributed by atoms with van der Waals surface area (Å²) in [5, 5.41) is 0. The van der Waals surface area contributed by atoms with Gasteiger partial charge in [-0.15, -0.1) is 11.8 Å². The van der Waals surface area contributed by atoms with Crippen molar-refractivity contribution in [2.24, 2.45) is 5.73 Å². The highest BCUT2D eigenvalue weighted by molar-refractivity contribution is 7.99. The lowest BCUT2D eigenvalue weighted by molar-refractivity contribution is 0.435. The van der Waals surface area contributed by atoms with Crippen LogP contribution in [0.4, 0.5) is 8.78 Å². The highest BCUT2D eigenvalue weighted by atomic mass is 32.2. The molecular weight excluding hydrogens is 312 g/mol. The van der Waals surface area contributed by atoms with Gasteiger partial charge in [-0.1, -0.05) is 25.2 Å². The van der Waals surface area contributed by atoms with E-state index in [4.69, 9.17) is 22.7 Å². The highest BCUT2D eigenvalue weighted by Crippen LogP contribution is 2.34. The fourth-order valence-electron chi connectivity index (χ4n) is 1.79. The molecule has 0 saturated carbocycles. The van der Waals surface area contributed by atoms with Gasteiger partial charge in [-0.3, -0.25) is 0 Å². The Labute approximate surface area is 131 Å². The number of ether oxygens (including phenoxy) is 1. The molecule has 110 valence electrons. The van der Waals surface area contributed by atoms with Crippen LogP contribution in [-0.2, 0) is 0 Å². The molecule has 0 amide bonds. The minimum Gasteiger partial charge on any atom is -0.453 e. The minimum atomic E-state index is -0.654. The zero-order chi connectivity index (χ0) is 15.4. The smallest absolute Gasteiger partial charge is 0.166 e. The summed E-state index contributed by atoms with van der Waals surface area (Å²) in [7, 11) is 0. The number of hydrogen-bond acceptors (Lipinski definition) is 3. The van der Waals surface area contributed by atoms with E-state index in [0.717, 1.165) is 28.8 Å². The zero-order valence-corrected chi connectivity index (χ0v) is 12.9. The Morgan fingerprint density at radius 3 is 2.67 bits per heavy atom. The third-order valence-electron chi connectivity index (χ3n) is 2.65. The lowest BCUT2D eigenvalue weighted by atomic mass is 10.2. The van der Waals surface area contributed by atoms with Gasteiger partial charge in [-0.05, 0) is 30.0 Å². The van der Waals surface area contributed by atoms with Gasteiger partial charge in [-0.2, -0.15) is 0 Å². The van der Waals surface area contributed by atoms with Crippen LogP contribution in [0.15, 0.2) is 41.3 Å². The predicted molar refractivity (Wildman–Crippen MR) is 85.2 cm³/mol. The van der Waals surface area contributed by atoms with Crippen molar-refractivity contribution in [3.63, 3.8) is 0 Å². The average molecular weight is 325 g/mol. The molecule has 0 aliphatic heterocycles. The van der Waals surface area contributed by atoms with Crippen molar-refractivity contribution in [2.75, 3.05) is 5.75 Å². The average Bonchev–Trinajstić information content (AvgIpc) is 2.43. The van der Waals surface area contributed by atoms with E-state index < -0.39 is 11.6 Å². The third-order valence-corrected chi connectivity index (χ3v) is 3.79. The quantitative estimate of drug-likeness (QED) is 0.648. The number of hydrogen-bond donors (Lipinski definition) is 1. The number of halogens is 2. The fourth-order valence-corrected chi connectivity index (χ4v) is 2.90. The van der Waals surface area contributed by atoms with E-state index in [2.05, 4.69) is 0 Å². The summed E-state index contributed by atoms with van der Waals surface area (Å²) >= 11 is 6.59. The van der Waals surface area contributed by atoms with E-state index in [1.165, 1.54) is 0 Å². The minimum absolute atomic E-state index is 0.151. The molecule has 6 heteroatoms. The molecule has 2 aromatic rings. The maximum atomic E-state index is 13.7. The van der Waals surface area contributed by atoms with Gasteiger partial charge in [0.1, 0.15) is 16.6 Å². The molecule has 0 atom stereocenters. The van der Waals surface area contributed by atoms with E-state index in [1.807, 2.05) is 13.0 Å². The molecule has 0 radical (unpaired) electrons. The molecule has 0 aromatic heterocycles. The van der Waals surface area contributed by atoms with Gasteiger partial charge in [-0.25, -0.2) is 8.78 Å². The molecule has 2 rings (SSSR count). The molecule has 2 aromatic carbocycles. The molecule has 0 heterocycles. The van der Waals surface area contributed by atoms with Gasteiger partial charge < -0.3 is 10.5 Å². The van der Waals surface area contributed by atoms with Crippen molar-refractivity contribution in [3.8, 4) is 11.5 Å². The summed E-state index contributed by atoms with van der Waals surface area (Å²) in [5.74, 6) is -0.300. The Morgan fingerprint density at radius 1 is 1.24 bits per heavy atom. The van der Waals surface area contributed by atoms with Gasteiger partial charge in [0, 0.05) is 11.0 Å². The first-order valence-corrected chi connectivity index (χ1v) is 7.60. The Morgan fingerprint density at radius 2 is 2.00 bits per heavy atom. The maximum Gasteiger partial charge on any atom is 0.166 e. The van der Waals surface area contributed by atoms with E-state index in [-0.39, 0.29) is 10.7 Å². The maximum absolute atomic E-state index is 13.7. The number of thiocarbonyl (C=S) groups is 1. The van der Waals surface area contributed by atoms with Crippen LogP contribution in [0.5, 0.6) is 11.5 Å². The molecule has 0 fully saturated rings. The Balaban J connectivity index is 2.46. The molecule has 0 aliphatic carbocycles. The van der Waals surface area contributed by atoms with Gasteiger partial charge in [0.2, 0.25) is 0 Å². The summed E-state index contributed by atoms with van der Waals surface area (Å²) < 4.78 is 32.4. The first kappa shape index (κ1) is 15.7. The van der Waals surface area contributed by atoms with Crippen molar-refractivity contribution < 1.29 is 13.5 Å². The third kappa shape index (κ3) is 3.71. The first-order valence-electron chi connectivity index (χ1n) is 6.21. The largest absolute Gasteiger partial charge is 0.453 e. The molecule has 2 nitrogen and oxygen atoms in total. The van der Waals surface area contributed by atoms with Gasteiger partial charge >= 0.3 is 0 Å². The number of thioether (sulfide) groups is 1. The summed E-state index contributed by atoms with van der Waals surface area (Å²) in [6.45, 7) is 1.99. The lowest BCUT2D eigenvalue weighted by Crippen LogP contribution is -2.12. The van der Waals surface area contributed by atoms with Crippen LogP contribution in [0.2, 0.25) is 0 Å². The molecule has 0 aliphatic rings. The van der Waals surface area contributed by atoms with Gasteiger partial charge in [0.15, 0.2) is 11.6 Å². The van der Waals surface area contributed by atoms with E-state index in [1.54, 1.807) is 23.9 Å². The number of nitrogens with two attached hydrogens (primary N) is 1. The molecule has 2 N–H and O–H groups in total. The number of benzene rings is 2. The van der Waals surface area contributed by atoms with Gasteiger partial charge in [0.05, 0.1) is 5.56 Å². The van der Waals surface area contributed by atoms with Crippen LogP contribution in [0, 0.1) is 11.6 Å². The van der Waals surface area contributed by atoms with Crippen LogP contribution < -0.4 is 10.5 Å². The monoisotopic (exact) mass is 325 g/mol. The molecule has 0 spiro atoms. The van der Waals surface area contributed by atoms with E-state index >= 15 is 0 Å². The molecule has 0 saturated heterocycles. The fraction of sp³-hybridized carbons (Fsp3) is 0.133. The molecular formula is C15H13F2NOS2. The van der Waals surface area contributed by atoms with E-state index in [0.29, 0.717) is 11.3 Å². The molecule has 21 heavy (non-hydrogen) atoms. The second-order valence-electron chi connectivity index (χ2n) is 4.10. The zero-order valence-electron chi connectivity index (χ0n) is 11.2. The standard InChI is InChI=1S/C15H13F2NOS2/c1-2-21-13-5-3-4-11(14(13)15(18)20)19-12-8-9(16)6-7-10(12)17/h3-8H,2H2,1H3,(H2,18,20). The summed E-state index contributed by atoms with van der Waals surface area (Å²) in [6.07, 6.45) is 0. The normalized spacial score (nSPS) is 10.4. The lowest BCUT2D eigenvalue weighted by Gasteiger charge is -2.14. The first-order chi connectivity index (χ1) is 10.0. The Bertz CT molecular complexity index is 677. The van der Waals surface area contributed by atoms with Crippen molar-refractivity contribution in [1.29, 1.82) is 0 Å². The highest BCUT2D eigenvalue weighted by Gasteiger charge is 2.15. The van der Waals surface area contributed by atoms with Gasteiger partial charge in [0.25, 0.3) is 0 Å². The predicted octanol–water partition coefficient (Wildman–Crippen LogP) is 4.50. The van der Waals surface area contributed by atoms with Crippen molar-refractivity contribution in [1.82, 2.24) is 0 Å². The van der Waals surface area contributed by atoms with E-state index in [9.17, 15) is 8.78 Å². The second kappa shape index (κ2) is 6.87. The Kier molecular flexibility index (Phi) is 5.14. The van der Waals surface area contributed by atoms with Crippen LogP contribution in [0.1, 0.15) is 12.5 Å².